The van der Waals surface area contributed by atoms with Crippen molar-refractivity contribution in [3.63, 3.8) is 0 Å². The molecule has 1 amide bonds. The number of amides is 1. The Bertz CT molecular complexity index is 322. The molecule has 116 valence electrons. The summed E-state index contributed by atoms with van der Waals surface area (Å²) in [5, 5.41) is 3.30. The van der Waals surface area contributed by atoms with Gasteiger partial charge in [0.2, 0.25) is 5.91 Å². The van der Waals surface area contributed by atoms with Crippen LogP contribution in [0, 0.1) is 17.8 Å². The average molecular weight is 301 g/mol. The van der Waals surface area contributed by atoms with Crippen LogP contribution in [0.25, 0.3) is 0 Å². The molecule has 3 rings (SSSR count). The van der Waals surface area contributed by atoms with Gasteiger partial charge in [-0.2, -0.15) is 0 Å². The second-order valence-corrected chi connectivity index (χ2v) is 6.93. The molecule has 1 unspecified atom stereocenters. The van der Waals surface area contributed by atoms with Gasteiger partial charge >= 0.3 is 0 Å². The molecule has 0 aromatic rings. The van der Waals surface area contributed by atoms with Gasteiger partial charge in [0.25, 0.3) is 0 Å². The molecule has 0 aromatic carbocycles. The maximum atomic E-state index is 12.8. The lowest BCUT2D eigenvalue weighted by molar-refractivity contribution is -0.140. The lowest BCUT2D eigenvalue weighted by Gasteiger charge is -2.40. The quantitative estimate of drug-likeness (QED) is 0.847. The number of carbonyl (C=O) groups is 1. The fourth-order valence-electron chi connectivity index (χ4n) is 3.52. The zero-order valence-corrected chi connectivity index (χ0v) is 13.5. The predicted molar refractivity (Wildman–Crippen MR) is 84.1 cm³/mol. The number of nitrogens with zero attached hydrogens (tertiary/aromatic N) is 1. The maximum Gasteiger partial charge on any atom is 0.226 e. The van der Waals surface area contributed by atoms with Crippen molar-refractivity contribution >= 4 is 18.3 Å². The Morgan fingerprint density at radius 3 is 2.30 bits per heavy atom. The monoisotopic (exact) mass is 300 g/mol. The fraction of sp³-hybridized carbons (Fsp3) is 0.938. The number of halogens is 1. The zero-order chi connectivity index (χ0) is 13.2. The van der Waals surface area contributed by atoms with Crippen molar-refractivity contribution in [3.8, 4) is 0 Å². The van der Waals surface area contributed by atoms with E-state index < -0.39 is 0 Å². The molecule has 0 radical (unpaired) electrons. The van der Waals surface area contributed by atoms with E-state index in [2.05, 4.69) is 17.1 Å². The molecule has 4 heteroatoms. The Kier molecular flexibility index (Phi) is 5.74. The number of rotatable bonds is 5. The molecule has 0 spiro atoms. The first kappa shape index (κ1) is 16.1. The minimum atomic E-state index is 0. The van der Waals surface area contributed by atoms with Gasteiger partial charge in [0.1, 0.15) is 0 Å². The van der Waals surface area contributed by atoms with Crippen molar-refractivity contribution in [2.24, 2.45) is 17.8 Å². The van der Waals surface area contributed by atoms with Gasteiger partial charge in [-0.25, -0.2) is 0 Å². The van der Waals surface area contributed by atoms with Gasteiger partial charge in [-0.1, -0.05) is 26.2 Å². The van der Waals surface area contributed by atoms with Crippen molar-refractivity contribution in [1.29, 1.82) is 0 Å². The molecule has 1 atom stereocenters. The molecule has 1 aliphatic heterocycles. The summed E-state index contributed by atoms with van der Waals surface area (Å²) in [7, 11) is 0. The summed E-state index contributed by atoms with van der Waals surface area (Å²) in [5.74, 6) is 2.07. The molecule has 3 fully saturated rings. The van der Waals surface area contributed by atoms with E-state index in [0.29, 0.717) is 17.9 Å². The number of nitrogens with one attached hydrogen (secondary N) is 1. The van der Waals surface area contributed by atoms with Crippen LogP contribution in [0.1, 0.15) is 51.9 Å². The molecule has 0 aromatic heterocycles. The normalized spacial score (nSPS) is 25.4. The summed E-state index contributed by atoms with van der Waals surface area (Å²) in [4.78, 5) is 15.1. The fourth-order valence-corrected chi connectivity index (χ4v) is 3.52. The lowest BCUT2D eigenvalue weighted by Crippen LogP contribution is -2.53. The zero-order valence-electron chi connectivity index (χ0n) is 12.6. The van der Waals surface area contributed by atoms with Crippen LogP contribution in [-0.4, -0.2) is 36.5 Å². The first-order valence-electron chi connectivity index (χ1n) is 8.27. The summed E-state index contributed by atoms with van der Waals surface area (Å²) >= 11 is 0. The maximum absolute atomic E-state index is 12.8. The second kappa shape index (κ2) is 7.13. The summed E-state index contributed by atoms with van der Waals surface area (Å²) in [5.41, 5.74) is 0. The Hall–Kier alpha value is -0.280. The van der Waals surface area contributed by atoms with E-state index in [1.54, 1.807) is 0 Å². The van der Waals surface area contributed by atoms with Crippen molar-refractivity contribution < 1.29 is 4.79 Å². The van der Waals surface area contributed by atoms with Crippen molar-refractivity contribution in [2.45, 2.75) is 57.9 Å². The van der Waals surface area contributed by atoms with Crippen LogP contribution in [0.3, 0.4) is 0 Å². The highest BCUT2D eigenvalue weighted by atomic mass is 35.5. The molecule has 3 aliphatic rings. The number of carbonyl (C=O) groups excluding carboxylic acids is 1. The van der Waals surface area contributed by atoms with Crippen LogP contribution >= 0.6 is 12.4 Å². The summed E-state index contributed by atoms with van der Waals surface area (Å²) in [6.07, 6.45) is 9.18. The average Bonchev–Trinajstić information content (AvgIpc) is 3.18. The van der Waals surface area contributed by atoms with E-state index in [0.717, 1.165) is 25.6 Å². The molecular weight excluding hydrogens is 272 g/mol. The topological polar surface area (TPSA) is 32.3 Å². The molecule has 3 nitrogen and oxygen atoms in total. The minimum Gasteiger partial charge on any atom is -0.339 e. The van der Waals surface area contributed by atoms with Crippen LogP contribution in [0.15, 0.2) is 0 Å². The van der Waals surface area contributed by atoms with Gasteiger partial charge in [0.15, 0.2) is 0 Å². The SMILES string of the molecule is CC(C(=O)N(CC1CC1)C1CCCCC1)C1CNC1.Cl. The van der Waals surface area contributed by atoms with Gasteiger partial charge in [-0.05, 0) is 50.6 Å². The molecule has 1 N–H and O–H groups in total. The van der Waals surface area contributed by atoms with E-state index in [9.17, 15) is 4.79 Å². The van der Waals surface area contributed by atoms with E-state index in [4.69, 9.17) is 0 Å². The van der Waals surface area contributed by atoms with Crippen molar-refractivity contribution in [2.75, 3.05) is 19.6 Å². The van der Waals surface area contributed by atoms with Crippen LogP contribution in [0.2, 0.25) is 0 Å². The summed E-state index contributed by atoms with van der Waals surface area (Å²) in [6, 6.07) is 0.553. The molecule has 1 heterocycles. The Morgan fingerprint density at radius 2 is 1.80 bits per heavy atom. The number of hydrogen-bond acceptors (Lipinski definition) is 2. The van der Waals surface area contributed by atoms with E-state index in [1.807, 2.05) is 0 Å². The largest absolute Gasteiger partial charge is 0.339 e. The molecule has 0 bridgehead atoms. The third kappa shape index (κ3) is 3.67. The van der Waals surface area contributed by atoms with Gasteiger partial charge in [0.05, 0.1) is 0 Å². The minimum absolute atomic E-state index is 0. The van der Waals surface area contributed by atoms with Gasteiger partial charge in [0, 0.05) is 18.5 Å². The Morgan fingerprint density at radius 1 is 1.15 bits per heavy atom. The van der Waals surface area contributed by atoms with Crippen LogP contribution < -0.4 is 5.32 Å². The highest BCUT2D eigenvalue weighted by molar-refractivity contribution is 5.85. The Balaban J connectivity index is 0.00000147. The van der Waals surface area contributed by atoms with Crippen LogP contribution in [0.5, 0.6) is 0 Å². The van der Waals surface area contributed by atoms with Crippen LogP contribution in [0.4, 0.5) is 0 Å². The molecule has 20 heavy (non-hydrogen) atoms. The second-order valence-electron chi connectivity index (χ2n) is 6.93. The van der Waals surface area contributed by atoms with Crippen molar-refractivity contribution in [3.05, 3.63) is 0 Å². The lowest BCUT2D eigenvalue weighted by atomic mass is 9.86. The highest BCUT2D eigenvalue weighted by Crippen LogP contribution is 2.34. The summed E-state index contributed by atoms with van der Waals surface area (Å²) < 4.78 is 0. The first-order chi connectivity index (χ1) is 9.25. The number of hydrogen-bond donors (Lipinski definition) is 1. The van der Waals surface area contributed by atoms with Gasteiger partial charge in [-0.15, -0.1) is 12.4 Å². The van der Waals surface area contributed by atoms with E-state index in [-0.39, 0.29) is 18.3 Å². The molecule has 2 aliphatic carbocycles. The third-order valence-electron chi connectivity index (χ3n) is 5.36. The van der Waals surface area contributed by atoms with Crippen LogP contribution in [-0.2, 0) is 4.79 Å². The molecule has 2 saturated carbocycles. The van der Waals surface area contributed by atoms with Gasteiger partial charge < -0.3 is 10.2 Å². The summed E-state index contributed by atoms with van der Waals surface area (Å²) in [6.45, 7) is 5.27. The smallest absolute Gasteiger partial charge is 0.226 e. The molecule has 1 saturated heterocycles. The highest BCUT2D eigenvalue weighted by Gasteiger charge is 2.37. The van der Waals surface area contributed by atoms with Crippen molar-refractivity contribution in [1.82, 2.24) is 10.2 Å². The van der Waals surface area contributed by atoms with E-state index >= 15 is 0 Å². The van der Waals surface area contributed by atoms with Gasteiger partial charge in [-0.3, -0.25) is 4.79 Å². The Labute approximate surface area is 129 Å². The van der Waals surface area contributed by atoms with E-state index in [1.165, 1.54) is 44.9 Å². The molecular formula is C16H29ClN2O. The standard InChI is InChI=1S/C16H28N2O.ClH/c1-12(14-9-17-10-14)16(19)18(11-13-7-8-13)15-5-3-2-4-6-15;/h12-15,17H,2-11H2,1H3;1H. The third-order valence-corrected chi connectivity index (χ3v) is 5.36. The first-order valence-corrected chi connectivity index (χ1v) is 8.27. The predicted octanol–water partition coefficient (Wildman–Crippen LogP) is 2.84.